The topological polar surface area (TPSA) is 66.9 Å². The largest absolute Gasteiger partial charge is 0.351 e. The third-order valence-corrected chi connectivity index (χ3v) is 2.75. The van der Waals surface area contributed by atoms with Crippen molar-refractivity contribution >= 4 is 29.0 Å². The van der Waals surface area contributed by atoms with Crippen LogP contribution in [-0.2, 0) is 0 Å². The van der Waals surface area contributed by atoms with Crippen molar-refractivity contribution in [1.82, 2.24) is 15.3 Å². The molecule has 104 valence electrons. The van der Waals surface area contributed by atoms with E-state index in [1.165, 1.54) is 12.4 Å². The SMILES string of the molecule is CCCNC(=O)c1cnc(Nc2cccc(Cl)c2)cn1. The molecule has 1 heterocycles. The maximum atomic E-state index is 11.7. The number of nitrogens with zero attached hydrogens (tertiary/aromatic N) is 2. The summed E-state index contributed by atoms with van der Waals surface area (Å²) < 4.78 is 0. The third-order valence-electron chi connectivity index (χ3n) is 2.52. The van der Waals surface area contributed by atoms with E-state index in [4.69, 9.17) is 11.6 Å². The van der Waals surface area contributed by atoms with Crippen LogP contribution in [0.1, 0.15) is 23.8 Å². The van der Waals surface area contributed by atoms with Crippen LogP contribution in [0.15, 0.2) is 36.7 Å². The van der Waals surface area contributed by atoms with Crippen LogP contribution >= 0.6 is 11.6 Å². The number of carbonyl (C=O) groups is 1. The first kappa shape index (κ1) is 14.3. The molecule has 0 unspecified atom stereocenters. The third kappa shape index (κ3) is 3.93. The van der Waals surface area contributed by atoms with Crippen LogP contribution in [0.4, 0.5) is 11.5 Å². The molecule has 20 heavy (non-hydrogen) atoms. The summed E-state index contributed by atoms with van der Waals surface area (Å²) in [6.07, 6.45) is 3.84. The summed E-state index contributed by atoms with van der Waals surface area (Å²) in [5.74, 6) is 0.341. The summed E-state index contributed by atoms with van der Waals surface area (Å²) in [6.45, 7) is 2.62. The molecule has 1 amide bonds. The van der Waals surface area contributed by atoms with Gasteiger partial charge in [0, 0.05) is 17.3 Å². The molecule has 0 aliphatic carbocycles. The second-order valence-electron chi connectivity index (χ2n) is 4.18. The zero-order valence-corrected chi connectivity index (χ0v) is 11.8. The number of aromatic nitrogens is 2. The van der Waals surface area contributed by atoms with Gasteiger partial charge in [-0.3, -0.25) is 4.79 Å². The van der Waals surface area contributed by atoms with Gasteiger partial charge < -0.3 is 10.6 Å². The summed E-state index contributed by atoms with van der Waals surface area (Å²) in [5.41, 5.74) is 1.12. The van der Waals surface area contributed by atoms with Crippen molar-refractivity contribution in [2.24, 2.45) is 0 Å². The average molecular weight is 291 g/mol. The fraction of sp³-hybridized carbons (Fsp3) is 0.214. The highest BCUT2D eigenvalue weighted by atomic mass is 35.5. The van der Waals surface area contributed by atoms with E-state index in [2.05, 4.69) is 20.6 Å². The van der Waals surface area contributed by atoms with Gasteiger partial charge in [0.05, 0.1) is 12.4 Å². The number of carbonyl (C=O) groups excluding carboxylic acids is 1. The number of hydrogen-bond acceptors (Lipinski definition) is 4. The zero-order chi connectivity index (χ0) is 14.4. The van der Waals surface area contributed by atoms with Crippen LogP contribution in [0.2, 0.25) is 5.02 Å². The molecule has 1 aromatic heterocycles. The van der Waals surface area contributed by atoms with Gasteiger partial charge in [0.2, 0.25) is 0 Å². The monoisotopic (exact) mass is 290 g/mol. The quantitative estimate of drug-likeness (QED) is 0.888. The van der Waals surface area contributed by atoms with E-state index in [9.17, 15) is 4.79 Å². The van der Waals surface area contributed by atoms with E-state index < -0.39 is 0 Å². The Morgan fingerprint density at radius 3 is 2.80 bits per heavy atom. The van der Waals surface area contributed by atoms with E-state index in [0.29, 0.717) is 23.1 Å². The van der Waals surface area contributed by atoms with Gasteiger partial charge in [-0.15, -0.1) is 0 Å². The molecule has 5 nitrogen and oxygen atoms in total. The molecule has 0 bridgehead atoms. The molecule has 0 aliphatic heterocycles. The van der Waals surface area contributed by atoms with Crippen LogP contribution in [0.5, 0.6) is 0 Å². The second-order valence-corrected chi connectivity index (χ2v) is 4.61. The molecular weight excluding hydrogens is 276 g/mol. The van der Waals surface area contributed by atoms with Gasteiger partial charge in [-0.25, -0.2) is 9.97 Å². The van der Waals surface area contributed by atoms with Crippen LogP contribution in [0.3, 0.4) is 0 Å². The molecule has 2 N–H and O–H groups in total. The van der Waals surface area contributed by atoms with Crippen molar-refractivity contribution in [3.63, 3.8) is 0 Å². The molecule has 1 aromatic carbocycles. The fourth-order valence-electron chi connectivity index (χ4n) is 1.55. The summed E-state index contributed by atoms with van der Waals surface area (Å²) in [6, 6.07) is 7.28. The average Bonchev–Trinajstić information content (AvgIpc) is 2.45. The normalized spacial score (nSPS) is 10.1. The summed E-state index contributed by atoms with van der Waals surface area (Å²) in [7, 11) is 0. The Morgan fingerprint density at radius 1 is 1.30 bits per heavy atom. The molecule has 0 radical (unpaired) electrons. The van der Waals surface area contributed by atoms with E-state index in [0.717, 1.165) is 12.1 Å². The Labute approximate surface area is 122 Å². The van der Waals surface area contributed by atoms with Crippen molar-refractivity contribution in [1.29, 1.82) is 0 Å². The van der Waals surface area contributed by atoms with Gasteiger partial charge in [-0.1, -0.05) is 24.6 Å². The molecule has 0 aliphatic rings. The standard InChI is InChI=1S/C14H15ClN4O/c1-2-6-16-14(20)12-8-18-13(9-17-12)19-11-5-3-4-10(15)7-11/h3-5,7-9H,2,6H2,1H3,(H,16,20)(H,18,19). The van der Waals surface area contributed by atoms with E-state index in [-0.39, 0.29) is 5.91 Å². The summed E-state index contributed by atoms with van der Waals surface area (Å²) >= 11 is 5.90. The Balaban J connectivity index is 2.03. The van der Waals surface area contributed by atoms with Crippen LogP contribution in [0, 0.1) is 0 Å². The van der Waals surface area contributed by atoms with Crippen molar-refractivity contribution < 1.29 is 4.79 Å². The van der Waals surface area contributed by atoms with E-state index in [1.54, 1.807) is 12.1 Å². The molecule has 0 spiro atoms. The second kappa shape index (κ2) is 6.86. The maximum absolute atomic E-state index is 11.7. The first-order chi connectivity index (χ1) is 9.69. The molecule has 0 atom stereocenters. The Hall–Kier alpha value is -2.14. The number of nitrogens with one attached hydrogen (secondary N) is 2. The van der Waals surface area contributed by atoms with Crippen LogP contribution in [0.25, 0.3) is 0 Å². The Bertz CT molecular complexity index is 586. The number of halogens is 1. The number of benzene rings is 1. The molecule has 0 saturated heterocycles. The summed E-state index contributed by atoms with van der Waals surface area (Å²) in [5, 5.41) is 6.45. The lowest BCUT2D eigenvalue weighted by Gasteiger charge is -2.06. The van der Waals surface area contributed by atoms with Gasteiger partial charge in [-0.2, -0.15) is 0 Å². The number of amides is 1. The van der Waals surface area contributed by atoms with Crippen LogP contribution in [-0.4, -0.2) is 22.4 Å². The highest BCUT2D eigenvalue weighted by Gasteiger charge is 2.06. The van der Waals surface area contributed by atoms with E-state index >= 15 is 0 Å². The minimum absolute atomic E-state index is 0.214. The minimum Gasteiger partial charge on any atom is -0.351 e. The predicted octanol–water partition coefficient (Wildman–Crippen LogP) is 3.01. The van der Waals surface area contributed by atoms with Gasteiger partial charge in [-0.05, 0) is 24.6 Å². The Kier molecular flexibility index (Phi) is 4.90. The lowest BCUT2D eigenvalue weighted by Crippen LogP contribution is -2.25. The molecule has 6 heteroatoms. The molecule has 2 rings (SSSR count). The molecule has 2 aromatic rings. The maximum Gasteiger partial charge on any atom is 0.271 e. The Morgan fingerprint density at radius 2 is 2.15 bits per heavy atom. The number of hydrogen-bond donors (Lipinski definition) is 2. The van der Waals surface area contributed by atoms with Crippen molar-refractivity contribution in [3.05, 3.63) is 47.4 Å². The molecular formula is C14H15ClN4O. The number of rotatable bonds is 5. The smallest absolute Gasteiger partial charge is 0.271 e. The van der Waals surface area contributed by atoms with E-state index in [1.807, 2.05) is 19.1 Å². The highest BCUT2D eigenvalue weighted by Crippen LogP contribution is 2.18. The predicted molar refractivity (Wildman–Crippen MR) is 79.4 cm³/mol. The van der Waals surface area contributed by atoms with Gasteiger partial charge in [0.25, 0.3) is 5.91 Å². The highest BCUT2D eigenvalue weighted by molar-refractivity contribution is 6.30. The van der Waals surface area contributed by atoms with Gasteiger partial charge in [0.15, 0.2) is 0 Å². The lowest BCUT2D eigenvalue weighted by atomic mass is 10.3. The van der Waals surface area contributed by atoms with Crippen LogP contribution < -0.4 is 10.6 Å². The molecule has 0 saturated carbocycles. The first-order valence-corrected chi connectivity index (χ1v) is 6.69. The minimum atomic E-state index is -0.214. The number of anilines is 2. The lowest BCUT2D eigenvalue weighted by molar-refractivity contribution is 0.0948. The zero-order valence-electron chi connectivity index (χ0n) is 11.1. The van der Waals surface area contributed by atoms with Gasteiger partial charge in [0.1, 0.15) is 11.5 Å². The van der Waals surface area contributed by atoms with Crippen molar-refractivity contribution in [2.75, 3.05) is 11.9 Å². The fourth-order valence-corrected chi connectivity index (χ4v) is 1.74. The van der Waals surface area contributed by atoms with Gasteiger partial charge >= 0.3 is 0 Å². The summed E-state index contributed by atoms with van der Waals surface area (Å²) in [4.78, 5) is 19.9. The van der Waals surface area contributed by atoms with Crippen molar-refractivity contribution in [2.45, 2.75) is 13.3 Å². The molecule has 0 fully saturated rings. The first-order valence-electron chi connectivity index (χ1n) is 6.32. The van der Waals surface area contributed by atoms with Crippen molar-refractivity contribution in [3.8, 4) is 0 Å².